The smallest absolute Gasteiger partial charge is 0.159 e. The number of aliphatic hydroxyl groups is 1. The number of aliphatic hydroxyl groups excluding tert-OH is 1. The molecule has 0 bridgehead atoms. The van der Waals surface area contributed by atoms with Gasteiger partial charge >= 0.3 is 0 Å². The van der Waals surface area contributed by atoms with E-state index in [-0.39, 0.29) is 6.61 Å². The Hall–Kier alpha value is -2.72. The first-order valence-electron chi connectivity index (χ1n) is 9.48. The van der Waals surface area contributed by atoms with Crippen molar-refractivity contribution >= 4 is 0 Å². The lowest BCUT2D eigenvalue weighted by atomic mass is 10.0. The van der Waals surface area contributed by atoms with Gasteiger partial charge in [-0.1, -0.05) is 37.6 Å². The van der Waals surface area contributed by atoms with Crippen molar-refractivity contribution in [2.75, 3.05) is 6.61 Å². The Balaban J connectivity index is 1.68. The van der Waals surface area contributed by atoms with Crippen LogP contribution in [0.3, 0.4) is 0 Å². The van der Waals surface area contributed by atoms with Gasteiger partial charge in [-0.05, 0) is 55.2 Å². The summed E-state index contributed by atoms with van der Waals surface area (Å²) < 4.78 is 5.48. The number of aromatic nitrogens is 2. The van der Waals surface area contributed by atoms with Crippen LogP contribution >= 0.6 is 0 Å². The van der Waals surface area contributed by atoms with E-state index in [0.29, 0.717) is 5.82 Å². The van der Waals surface area contributed by atoms with Crippen LogP contribution in [-0.4, -0.2) is 27.8 Å². The van der Waals surface area contributed by atoms with E-state index >= 15 is 0 Å². The fraction of sp³-hybridized carbons (Fsp3) is 0.304. The lowest BCUT2D eigenvalue weighted by Crippen LogP contribution is -2.12. The van der Waals surface area contributed by atoms with Gasteiger partial charge in [-0.15, -0.1) is 0 Å². The van der Waals surface area contributed by atoms with Crippen molar-refractivity contribution in [1.29, 1.82) is 0 Å². The number of aryl methyl sites for hydroxylation is 1. The van der Waals surface area contributed by atoms with Crippen LogP contribution in [-0.2, 0) is 6.42 Å². The number of unbranched alkanes of at least 4 members (excludes halogenated alkanes) is 1. The molecule has 0 aliphatic heterocycles. The zero-order valence-electron chi connectivity index (χ0n) is 15.9. The Morgan fingerprint density at radius 3 is 2.11 bits per heavy atom. The maximum atomic E-state index is 9.27. The minimum Gasteiger partial charge on any atom is -0.491 e. The highest BCUT2D eigenvalue weighted by Crippen LogP contribution is 2.23. The van der Waals surface area contributed by atoms with Crippen LogP contribution in [0.4, 0.5) is 0 Å². The third kappa shape index (κ3) is 5.38. The minimum absolute atomic E-state index is 0.280. The van der Waals surface area contributed by atoms with E-state index in [1.54, 1.807) is 6.92 Å². The molecule has 1 aromatic heterocycles. The first-order valence-corrected chi connectivity index (χ1v) is 9.48. The average Bonchev–Trinajstić information content (AvgIpc) is 2.72. The summed E-state index contributed by atoms with van der Waals surface area (Å²) in [4.78, 5) is 9.02. The second-order valence-electron chi connectivity index (χ2n) is 6.78. The topological polar surface area (TPSA) is 55.2 Å². The number of benzene rings is 2. The second kappa shape index (κ2) is 9.28. The molecule has 0 aliphatic rings. The van der Waals surface area contributed by atoms with Gasteiger partial charge in [0, 0.05) is 23.5 Å². The number of hydrogen-bond acceptors (Lipinski definition) is 4. The molecule has 0 amide bonds. The summed E-state index contributed by atoms with van der Waals surface area (Å²) in [6.07, 6.45) is 6.80. The molecule has 1 N–H and O–H groups in total. The molecule has 3 aromatic rings. The van der Waals surface area contributed by atoms with Crippen molar-refractivity contribution in [2.24, 2.45) is 0 Å². The molecule has 0 saturated heterocycles. The number of nitrogens with zero attached hydrogens (tertiary/aromatic N) is 2. The van der Waals surface area contributed by atoms with Crippen LogP contribution in [0.25, 0.3) is 22.5 Å². The summed E-state index contributed by atoms with van der Waals surface area (Å²) >= 11 is 0. The van der Waals surface area contributed by atoms with E-state index < -0.39 is 6.10 Å². The first-order chi connectivity index (χ1) is 13.2. The molecule has 0 aliphatic carbocycles. The SMILES string of the molecule is CCCCc1ccc(-c2cnc(-c3ccc(OC[C@H](C)O)cc3)nc2)cc1. The molecule has 140 valence electrons. The molecule has 0 unspecified atom stereocenters. The Labute approximate surface area is 160 Å². The van der Waals surface area contributed by atoms with Gasteiger partial charge < -0.3 is 9.84 Å². The van der Waals surface area contributed by atoms with Crippen molar-refractivity contribution in [1.82, 2.24) is 9.97 Å². The Morgan fingerprint density at radius 1 is 0.889 bits per heavy atom. The number of rotatable bonds is 8. The maximum Gasteiger partial charge on any atom is 0.159 e. The third-order valence-electron chi connectivity index (χ3n) is 4.36. The van der Waals surface area contributed by atoms with E-state index in [2.05, 4.69) is 41.2 Å². The van der Waals surface area contributed by atoms with Crippen LogP contribution in [0.1, 0.15) is 32.3 Å². The van der Waals surface area contributed by atoms with Crippen molar-refractivity contribution < 1.29 is 9.84 Å². The first kappa shape index (κ1) is 19.1. The molecule has 1 heterocycles. The predicted molar refractivity (Wildman–Crippen MR) is 109 cm³/mol. The van der Waals surface area contributed by atoms with Crippen LogP contribution in [0, 0.1) is 0 Å². The highest BCUT2D eigenvalue weighted by molar-refractivity contribution is 5.64. The van der Waals surface area contributed by atoms with Crippen LogP contribution in [0.2, 0.25) is 0 Å². The summed E-state index contributed by atoms with van der Waals surface area (Å²) in [5.41, 5.74) is 4.44. The molecule has 4 nitrogen and oxygen atoms in total. The van der Waals surface area contributed by atoms with Gasteiger partial charge in [0.05, 0.1) is 6.10 Å². The summed E-state index contributed by atoms with van der Waals surface area (Å²) in [6.45, 7) is 4.19. The van der Waals surface area contributed by atoms with Crippen LogP contribution in [0.15, 0.2) is 60.9 Å². The number of hydrogen-bond donors (Lipinski definition) is 1. The summed E-state index contributed by atoms with van der Waals surface area (Å²) in [6, 6.07) is 16.2. The van der Waals surface area contributed by atoms with Crippen molar-refractivity contribution in [3.05, 3.63) is 66.5 Å². The van der Waals surface area contributed by atoms with E-state index in [1.165, 1.54) is 18.4 Å². The monoisotopic (exact) mass is 362 g/mol. The third-order valence-corrected chi connectivity index (χ3v) is 4.36. The molecule has 2 aromatic carbocycles. The zero-order valence-corrected chi connectivity index (χ0v) is 15.9. The zero-order chi connectivity index (χ0) is 19.1. The molecular formula is C23H26N2O2. The minimum atomic E-state index is -0.485. The summed E-state index contributed by atoms with van der Waals surface area (Å²) in [5, 5.41) is 9.27. The molecule has 0 saturated carbocycles. The highest BCUT2D eigenvalue weighted by atomic mass is 16.5. The molecule has 3 rings (SSSR count). The van der Waals surface area contributed by atoms with Gasteiger partial charge in [-0.3, -0.25) is 0 Å². The Morgan fingerprint density at radius 2 is 1.52 bits per heavy atom. The highest BCUT2D eigenvalue weighted by Gasteiger charge is 2.05. The van der Waals surface area contributed by atoms with Gasteiger partial charge in [-0.25, -0.2) is 9.97 Å². The molecule has 27 heavy (non-hydrogen) atoms. The van der Waals surface area contributed by atoms with Crippen molar-refractivity contribution in [2.45, 2.75) is 39.2 Å². The predicted octanol–water partition coefficient (Wildman–Crippen LogP) is 4.91. The standard InChI is InChI=1S/C23H26N2O2/c1-3-4-5-18-6-8-19(9-7-18)21-14-24-23(25-15-21)20-10-12-22(13-11-20)27-16-17(2)26/h6-15,17,26H,3-5,16H2,1-2H3/t17-/m0/s1. The second-order valence-corrected chi connectivity index (χ2v) is 6.78. The Kier molecular flexibility index (Phi) is 6.55. The van der Waals surface area contributed by atoms with E-state index in [1.807, 2.05) is 36.7 Å². The average molecular weight is 362 g/mol. The van der Waals surface area contributed by atoms with Crippen LogP contribution < -0.4 is 4.74 Å². The Bertz CT molecular complexity index is 826. The van der Waals surface area contributed by atoms with Crippen LogP contribution in [0.5, 0.6) is 5.75 Å². The van der Waals surface area contributed by atoms with E-state index in [4.69, 9.17) is 4.74 Å². The molecule has 4 heteroatoms. The largest absolute Gasteiger partial charge is 0.491 e. The van der Waals surface area contributed by atoms with E-state index in [0.717, 1.165) is 28.9 Å². The quantitative estimate of drug-likeness (QED) is 0.618. The van der Waals surface area contributed by atoms with Crippen molar-refractivity contribution in [3.63, 3.8) is 0 Å². The number of ether oxygens (including phenoxy) is 1. The molecule has 0 spiro atoms. The van der Waals surface area contributed by atoms with E-state index in [9.17, 15) is 5.11 Å². The molecule has 0 fully saturated rings. The maximum absolute atomic E-state index is 9.27. The van der Waals surface area contributed by atoms with Gasteiger partial charge in [0.1, 0.15) is 12.4 Å². The summed E-state index contributed by atoms with van der Waals surface area (Å²) in [7, 11) is 0. The van der Waals surface area contributed by atoms with Crippen molar-refractivity contribution in [3.8, 4) is 28.3 Å². The molecular weight excluding hydrogens is 336 g/mol. The van der Waals surface area contributed by atoms with Gasteiger partial charge in [0.2, 0.25) is 0 Å². The fourth-order valence-corrected chi connectivity index (χ4v) is 2.79. The fourth-order valence-electron chi connectivity index (χ4n) is 2.79. The summed E-state index contributed by atoms with van der Waals surface area (Å²) in [5.74, 6) is 1.40. The van der Waals surface area contributed by atoms with Gasteiger partial charge in [-0.2, -0.15) is 0 Å². The van der Waals surface area contributed by atoms with Gasteiger partial charge in [0.25, 0.3) is 0 Å². The van der Waals surface area contributed by atoms with Gasteiger partial charge in [0.15, 0.2) is 5.82 Å². The molecule has 1 atom stereocenters. The normalized spacial score (nSPS) is 12.0. The molecule has 0 radical (unpaired) electrons. The lowest BCUT2D eigenvalue weighted by Gasteiger charge is -2.08. The lowest BCUT2D eigenvalue weighted by molar-refractivity contribution is 0.123.